The molecule has 0 atom stereocenters. The SMILES string of the molecule is CCc1ccc2[nH]c(=O)c(CN(CCO)C(=S)Nc3ccc(C)cc3)cc2c1. The summed E-state index contributed by atoms with van der Waals surface area (Å²) in [5.74, 6) is 0. The first kappa shape index (κ1) is 20.0. The number of pyridine rings is 1. The number of aryl methyl sites for hydroxylation is 2. The van der Waals surface area contributed by atoms with E-state index in [9.17, 15) is 9.90 Å². The van der Waals surface area contributed by atoms with Gasteiger partial charge in [0.15, 0.2) is 5.11 Å². The molecule has 3 aromatic rings. The molecule has 0 spiro atoms. The summed E-state index contributed by atoms with van der Waals surface area (Å²) in [6.45, 7) is 4.73. The number of hydrogen-bond donors (Lipinski definition) is 3. The van der Waals surface area contributed by atoms with E-state index in [1.165, 1.54) is 5.56 Å². The lowest BCUT2D eigenvalue weighted by atomic mass is 10.1. The molecule has 3 rings (SSSR count). The van der Waals surface area contributed by atoms with E-state index in [-0.39, 0.29) is 12.2 Å². The van der Waals surface area contributed by atoms with Gasteiger partial charge in [0.05, 0.1) is 13.2 Å². The maximum absolute atomic E-state index is 12.5. The Morgan fingerprint density at radius 1 is 1.18 bits per heavy atom. The fourth-order valence-electron chi connectivity index (χ4n) is 3.06. The van der Waals surface area contributed by atoms with E-state index >= 15 is 0 Å². The minimum Gasteiger partial charge on any atom is -0.395 e. The number of H-pyrrole nitrogens is 1. The molecule has 146 valence electrons. The van der Waals surface area contributed by atoms with Gasteiger partial charge in [-0.1, -0.05) is 30.7 Å². The number of thiocarbonyl (C=S) groups is 1. The summed E-state index contributed by atoms with van der Waals surface area (Å²) in [5.41, 5.74) is 4.55. The number of aromatic nitrogens is 1. The molecular formula is C22H25N3O2S. The van der Waals surface area contributed by atoms with Gasteiger partial charge < -0.3 is 20.3 Å². The molecule has 5 nitrogen and oxygen atoms in total. The minimum absolute atomic E-state index is 0.0544. The predicted octanol–water partition coefficient (Wildman–Crippen LogP) is 3.59. The molecule has 0 saturated carbocycles. The number of aliphatic hydroxyl groups excluding tert-OH is 1. The van der Waals surface area contributed by atoms with Crippen molar-refractivity contribution < 1.29 is 5.11 Å². The summed E-state index contributed by atoms with van der Waals surface area (Å²) in [6.07, 6.45) is 0.936. The molecule has 28 heavy (non-hydrogen) atoms. The molecule has 3 N–H and O–H groups in total. The maximum Gasteiger partial charge on any atom is 0.253 e. The molecule has 0 bridgehead atoms. The summed E-state index contributed by atoms with van der Waals surface area (Å²) in [6, 6.07) is 15.9. The first-order valence-electron chi connectivity index (χ1n) is 9.38. The van der Waals surface area contributed by atoms with E-state index in [0.717, 1.165) is 28.6 Å². The first-order chi connectivity index (χ1) is 13.5. The second kappa shape index (κ2) is 8.99. The van der Waals surface area contributed by atoms with Crippen LogP contribution in [0.4, 0.5) is 5.69 Å². The Balaban J connectivity index is 1.84. The molecule has 1 heterocycles. The highest BCUT2D eigenvalue weighted by molar-refractivity contribution is 7.80. The molecule has 0 unspecified atom stereocenters. The molecule has 0 radical (unpaired) electrons. The van der Waals surface area contributed by atoms with Crippen LogP contribution in [-0.4, -0.2) is 33.3 Å². The van der Waals surface area contributed by atoms with E-state index in [0.29, 0.717) is 23.8 Å². The number of anilines is 1. The average Bonchev–Trinajstić information content (AvgIpc) is 2.69. The number of fused-ring (bicyclic) bond motifs is 1. The number of rotatable bonds is 6. The summed E-state index contributed by atoms with van der Waals surface area (Å²) >= 11 is 5.53. The zero-order valence-corrected chi connectivity index (χ0v) is 17.0. The van der Waals surface area contributed by atoms with Crippen molar-refractivity contribution >= 4 is 33.9 Å². The fraction of sp³-hybridized carbons (Fsp3) is 0.273. The molecule has 0 aliphatic rings. The lowest BCUT2D eigenvalue weighted by molar-refractivity contribution is 0.248. The highest BCUT2D eigenvalue weighted by Gasteiger charge is 2.13. The molecule has 1 aromatic heterocycles. The molecule has 0 aliphatic heterocycles. The highest BCUT2D eigenvalue weighted by Crippen LogP contribution is 2.16. The number of hydrogen-bond acceptors (Lipinski definition) is 3. The smallest absolute Gasteiger partial charge is 0.253 e. The zero-order chi connectivity index (χ0) is 20.1. The number of nitrogens with zero attached hydrogens (tertiary/aromatic N) is 1. The van der Waals surface area contributed by atoms with Crippen LogP contribution in [0.15, 0.2) is 53.3 Å². The average molecular weight is 396 g/mol. The van der Waals surface area contributed by atoms with Crippen LogP contribution in [-0.2, 0) is 13.0 Å². The highest BCUT2D eigenvalue weighted by atomic mass is 32.1. The van der Waals surface area contributed by atoms with Crippen molar-refractivity contribution in [1.29, 1.82) is 0 Å². The Morgan fingerprint density at radius 2 is 1.93 bits per heavy atom. The van der Waals surface area contributed by atoms with Gasteiger partial charge >= 0.3 is 0 Å². The quantitative estimate of drug-likeness (QED) is 0.557. The molecule has 0 amide bonds. The summed E-state index contributed by atoms with van der Waals surface area (Å²) < 4.78 is 0. The van der Waals surface area contributed by atoms with E-state index in [4.69, 9.17) is 12.2 Å². The van der Waals surface area contributed by atoms with Gasteiger partial charge in [0.25, 0.3) is 5.56 Å². The molecular weight excluding hydrogens is 370 g/mol. The second-order valence-corrected chi connectivity index (χ2v) is 7.23. The third-order valence-electron chi connectivity index (χ3n) is 4.71. The van der Waals surface area contributed by atoms with Crippen molar-refractivity contribution in [3.63, 3.8) is 0 Å². The van der Waals surface area contributed by atoms with Gasteiger partial charge in [-0.2, -0.15) is 0 Å². The van der Waals surface area contributed by atoms with Crippen molar-refractivity contribution in [2.75, 3.05) is 18.5 Å². The van der Waals surface area contributed by atoms with Gasteiger partial charge in [0.1, 0.15) is 0 Å². The van der Waals surface area contributed by atoms with Crippen LogP contribution in [0.3, 0.4) is 0 Å². The number of aromatic amines is 1. The van der Waals surface area contributed by atoms with Crippen molar-refractivity contribution in [3.05, 3.63) is 75.6 Å². The summed E-state index contributed by atoms with van der Waals surface area (Å²) in [5, 5.41) is 14.1. The van der Waals surface area contributed by atoms with Crippen LogP contribution in [0.5, 0.6) is 0 Å². The third kappa shape index (κ3) is 4.77. The van der Waals surface area contributed by atoms with E-state index in [2.05, 4.69) is 23.3 Å². The Hall–Kier alpha value is -2.70. The standard InChI is InChI=1S/C22H25N3O2S/c1-3-16-6-9-20-17(12-16)13-18(21(27)24-20)14-25(10-11-26)22(28)23-19-7-4-15(2)5-8-19/h4-9,12-13,26H,3,10-11,14H2,1-2H3,(H,23,28)(H,24,27). The van der Waals surface area contributed by atoms with Crippen molar-refractivity contribution in [2.24, 2.45) is 0 Å². The van der Waals surface area contributed by atoms with Crippen LogP contribution < -0.4 is 10.9 Å². The first-order valence-corrected chi connectivity index (χ1v) is 9.79. The third-order valence-corrected chi connectivity index (χ3v) is 5.08. The predicted molar refractivity (Wildman–Crippen MR) is 119 cm³/mol. The van der Waals surface area contributed by atoms with Crippen LogP contribution in [0.1, 0.15) is 23.6 Å². The van der Waals surface area contributed by atoms with Crippen molar-refractivity contribution in [3.8, 4) is 0 Å². The van der Waals surface area contributed by atoms with E-state index < -0.39 is 0 Å². The Kier molecular flexibility index (Phi) is 6.44. The van der Waals surface area contributed by atoms with Crippen LogP contribution >= 0.6 is 12.2 Å². The summed E-state index contributed by atoms with van der Waals surface area (Å²) in [4.78, 5) is 17.3. The van der Waals surface area contributed by atoms with Crippen LogP contribution in [0.2, 0.25) is 0 Å². The van der Waals surface area contributed by atoms with Crippen LogP contribution in [0, 0.1) is 6.92 Å². The number of aliphatic hydroxyl groups is 1. The second-order valence-electron chi connectivity index (χ2n) is 6.84. The zero-order valence-electron chi connectivity index (χ0n) is 16.2. The molecule has 0 saturated heterocycles. The Bertz CT molecular complexity index is 1030. The van der Waals surface area contributed by atoms with Gasteiger partial charge in [0, 0.05) is 23.3 Å². The number of benzene rings is 2. The molecule has 2 aromatic carbocycles. The largest absolute Gasteiger partial charge is 0.395 e. The van der Waals surface area contributed by atoms with E-state index in [1.54, 1.807) is 4.90 Å². The normalized spacial score (nSPS) is 10.8. The lowest BCUT2D eigenvalue weighted by Crippen LogP contribution is -2.37. The van der Waals surface area contributed by atoms with Gasteiger partial charge in [-0.25, -0.2) is 0 Å². The topological polar surface area (TPSA) is 68.4 Å². The Morgan fingerprint density at radius 3 is 2.61 bits per heavy atom. The molecule has 6 heteroatoms. The van der Waals surface area contributed by atoms with Crippen LogP contribution in [0.25, 0.3) is 10.9 Å². The lowest BCUT2D eigenvalue weighted by Gasteiger charge is -2.25. The van der Waals surface area contributed by atoms with Crippen molar-refractivity contribution in [1.82, 2.24) is 9.88 Å². The molecule has 0 aliphatic carbocycles. The van der Waals surface area contributed by atoms with Gasteiger partial charge in [-0.3, -0.25) is 4.79 Å². The maximum atomic E-state index is 12.5. The van der Waals surface area contributed by atoms with E-state index in [1.807, 2.05) is 49.4 Å². The van der Waals surface area contributed by atoms with Gasteiger partial charge in [-0.15, -0.1) is 0 Å². The Labute approximate surface area is 170 Å². The molecule has 0 fully saturated rings. The number of nitrogens with one attached hydrogen (secondary N) is 2. The minimum atomic E-state index is -0.141. The summed E-state index contributed by atoms with van der Waals surface area (Å²) in [7, 11) is 0. The monoisotopic (exact) mass is 395 g/mol. The van der Waals surface area contributed by atoms with Crippen molar-refractivity contribution in [2.45, 2.75) is 26.8 Å². The fourth-order valence-corrected chi connectivity index (χ4v) is 3.33. The van der Waals surface area contributed by atoms with Gasteiger partial charge in [-0.05, 0) is 66.8 Å². The van der Waals surface area contributed by atoms with Gasteiger partial charge in [0.2, 0.25) is 0 Å².